The van der Waals surface area contributed by atoms with Gasteiger partial charge in [-0.15, -0.1) is 0 Å². The molecule has 2 aromatic heterocycles. The number of aliphatic hydroxyl groups is 1. The van der Waals surface area contributed by atoms with Crippen LogP contribution < -0.4 is 0 Å². The summed E-state index contributed by atoms with van der Waals surface area (Å²) in [4.78, 5) is 33.6. The zero-order valence-electron chi connectivity index (χ0n) is 27.5. The molecule has 0 bridgehead atoms. The van der Waals surface area contributed by atoms with E-state index in [1.807, 2.05) is 48.5 Å². The van der Waals surface area contributed by atoms with Crippen LogP contribution in [-0.4, -0.2) is 42.5 Å². The fraction of sp³-hybridized carbons (Fsp3) is 0.0244. The Labute approximate surface area is 341 Å². The topological polar surface area (TPSA) is 106 Å². The number of rotatable bonds is 0. The molecule has 10 rings (SSSR count). The molecule has 0 atom stereocenters. The molecule has 0 aliphatic heterocycles. The Balaban J connectivity index is 0.000000130. The summed E-state index contributed by atoms with van der Waals surface area (Å²) in [6.07, 6.45) is 0. The van der Waals surface area contributed by atoms with Gasteiger partial charge < -0.3 is 5.11 Å². The number of fused-ring (bicyclic) bond motifs is 11. The molecule has 0 unspecified atom stereocenters. The third-order valence-electron chi connectivity index (χ3n) is 8.54. The van der Waals surface area contributed by atoms with Crippen molar-refractivity contribution in [2.24, 2.45) is 0 Å². The third kappa shape index (κ3) is 6.95. The van der Waals surface area contributed by atoms with E-state index in [1.165, 1.54) is 22.5 Å². The number of aliphatic hydroxyl groups excluding tert-OH is 1. The highest BCUT2D eigenvalue weighted by Gasteiger charge is 2.29. The Hall–Kier alpha value is -4.30. The van der Waals surface area contributed by atoms with Crippen LogP contribution in [0, 0.1) is 0 Å². The van der Waals surface area contributed by atoms with Crippen molar-refractivity contribution in [2.45, 2.75) is 0 Å². The Morgan fingerprint density at radius 2 is 0.698 bits per heavy atom. The average molecular weight is 972 g/mol. The van der Waals surface area contributed by atoms with Crippen molar-refractivity contribution in [1.82, 2.24) is 18.7 Å². The maximum Gasteiger partial charge on any atom is 0.234 e. The molecule has 0 saturated carbocycles. The van der Waals surface area contributed by atoms with Crippen LogP contribution in [0.1, 0.15) is 20.7 Å². The summed E-state index contributed by atoms with van der Waals surface area (Å²) < 4.78 is 12.1. The minimum atomic E-state index is -0.408. The van der Waals surface area contributed by atoms with E-state index in [0.717, 1.165) is 80.0 Å². The normalized spacial score (nSPS) is 11.7. The zero-order chi connectivity index (χ0) is 37.2. The average Bonchev–Trinajstić information content (AvgIpc) is 3.73. The molecule has 0 saturated heterocycles. The molecule has 9 aromatic rings. The maximum absolute atomic E-state index is 11.8. The second-order valence-electron chi connectivity index (χ2n) is 11.5. The van der Waals surface area contributed by atoms with Crippen LogP contribution >= 0.6 is 75.4 Å². The molecular formula is C41H24Br4N4O3S. The number of halogens is 4. The molecule has 1 N–H and O–H groups in total. The van der Waals surface area contributed by atoms with Gasteiger partial charge in [0.15, 0.2) is 0 Å². The maximum atomic E-state index is 11.8. The van der Waals surface area contributed by atoms with E-state index < -0.39 is 11.6 Å². The second kappa shape index (κ2) is 16.0. The van der Waals surface area contributed by atoms with E-state index in [1.54, 1.807) is 24.3 Å². The highest BCUT2D eigenvalue weighted by atomic mass is 79.9. The Morgan fingerprint density at radius 3 is 1.08 bits per heavy atom. The number of carbonyl (C=O) groups is 2. The Kier molecular flexibility index (Phi) is 11.2. The largest absolute Gasteiger partial charge is 0.400 e. The number of nitrogens with zero attached hydrogens (tertiary/aromatic N) is 4. The Morgan fingerprint density at radius 1 is 0.396 bits per heavy atom. The fourth-order valence-electron chi connectivity index (χ4n) is 6.18. The summed E-state index contributed by atoms with van der Waals surface area (Å²) in [5.74, 6) is -0.816. The van der Waals surface area contributed by atoms with Crippen molar-refractivity contribution >= 4 is 142 Å². The third-order valence-corrected chi connectivity index (χ3v) is 11.6. The lowest BCUT2D eigenvalue weighted by atomic mass is 9.84. The first-order chi connectivity index (χ1) is 25.8. The lowest BCUT2D eigenvalue weighted by Gasteiger charge is -2.16. The van der Waals surface area contributed by atoms with Gasteiger partial charge in [-0.2, -0.15) is 8.75 Å². The molecule has 0 spiro atoms. The van der Waals surface area contributed by atoms with Gasteiger partial charge in [0.05, 0.1) is 22.8 Å². The number of benzene rings is 7. The molecule has 0 radical (unpaired) electrons. The summed E-state index contributed by atoms with van der Waals surface area (Å²) in [5, 5.41) is 11.7. The van der Waals surface area contributed by atoms with E-state index >= 15 is 0 Å². The summed E-state index contributed by atoms with van der Waals surface area (Å²) >= 11 is 15.2. The van der Waals surface area contributed by atoms with Crippen LogP contribution in [0.2, 0.25) is 0 Å². The molecule has 1 aliphatic carbocycles. The van der Waals surface area contributed by atoms with Gasteiger partial charge in [-0.1, -0.05) is 97.1 Å². The van der Waals surface area contributed by atoms with Gasteiger partial charge in [-0.3, -0.25) is 9.59 Å². The minimum absolute atomic E-state index is 0.408. The summed E-state index contributed by atoms with van der Waals surface area (Å²) in [6, 6.07) is 39.1. The van der Waals surface area contributed by atoms with Gasteiger partial charge >= 0.3 is 0 Å². The summed E-state index contributed by atoms with van der Waals surface area (Å²) in [7, 11) is 1.00. The Bertz CT molecular complexity index is 2690. The first-order valence-corrected chi connectivity index (χ1v) is 19.9. The predicted octanol–water partition coefficient (Wildman–Crippen LogP) is 12.2. The highest BCUT2D eigenvalue weighted by molar-refractivity contribution is 9.11. The van der Waals surface area contributed by atoms with Crippen LogP contribution in [0.15, 0.2) is 139 Å². The van der Waals surface area contributed by atoms with Gasteiger partial charge in [0.2, 0.25) is 11.6 Å². The van der Waals surface area contributed by atoms with Gasteiger partial charge in [0, 0.05) is 46.9 Å². The van der Waals surface area contributed by atoms with Crippen molar-refractivity contribution in [3.05, 3.63) is 150 Å². The van der Waals surface area contributed by atoms with E-state index in [2.05, 4.69) is 121 Å². The summed E-state index contributed by atoms with van der Waals surface area (Å²) in [6.45, 7) is 0. The molecule has 7 aromatic carbocycles. The molecule has 7 nitrogen and oxygen atoms in total. The van der Waals surface area contributed by atoms with Crippen molar-refractivity contribution in [2.75, 3.05) is 7.11 Å². The number of hydrogen-bond donors (Lipinski definition) is 1. The van der Waals surface area contributed by atoms with Gasteiger partial charge in [0.1, 0.15) is 22.1 Å². The first-order valence-electron chi connectivity index (χ1n) is 15.9. The fourth-order valence-corrected chi connectivity index (χ4v) is 8.62. The van der Waals surface area contributed by atoms with Crippen LogP contribution in [0.25, 0.3) is 65.8 Å². The molecule has 53 heavy (non-hydrogen) atoms. The van der Waals surface area contributed by atoms with Crippen LogP contribution in [0.4, 0.5) is 0 Å². The van der Waals surface area contributed by atoms with Crippen LogP contribution in [0.5, 0.6) is 0 Å². The molecule has 260 valence electrons. The number of ketones is 2. The zero-order valence-corrected chi connectivity index (χ0v) is 34.7. The standard InChI is InChI=1S/C20H10Br2N2.C14H8O2.C6H2Br2N2S.CH4O/c21-15-9-10-16(22)20-19(15)23-17-13-7-3-1-5-11(13)12-6-2-4-8-14(12)18(17)24-20;15-13-11-7-3-1-5-9(11)10-6-2-4-8-12(10)14(13)16;7-3-1-2-4(8)6-5(3)9-11-10-6;1-2/h1-10H;1-8H;1-2H;2H,1H3. The van der Waals surface area contributed by atoms with Crippen molar-refractivity contribution in [3.63, 3.8) is 0 Å². The summed E-state index contributed by atoms with van der Waals surface area (Å²) in [5.41, 5.74) is 8.18. The first kappa shape index (κ1) is 37.0. The number of hydrogen-bond acceptors (Lipinski definition) is 8. The van der Waals surface area contributed by atoms with Crippen molar-refractivity contribution in [1.29, 1.82) is 0 Å². The van der Waals surface area contributed by atoms with Crippen LogP contribution in [0.3, 0.4) is 0 Å². The lowest BCUT2D eigenvalue weighted by molar-refractivity contribution is 0.0815. The van der Waals surface area contributed by atoms with Crippen LogP contribution in [-0.2, 0) is 0 Å². The predicted molar refractivity (Wildman–Crippen MR) is 229 cm³/mol. The molecule has 0 amide bonds. The van der Waals surface area contributed by atoms with E-state index in [4.69, 9.17) is 15.1 Å². The molecule has 0 fully saturated rings. The monoisotopic (exact) mass is 968 g/mol. The minimum Gasteiger partial charge on any atom is -0.400 e. The van der Waals surface area contributed by atoms with E-state index in [9.17, 15) is 9.59 Å². The molecular weight excluding hydrogens is 948 g/mol. The number of carbonyl (C=O) groups excluding carboxylic acids is 2. The second-order valence-corrected chi connectivity index (χ2v) is 15.4. The van der Waals surface area contributed by atoms with E-state index in [-0.39, 0.29) is 0 Å². The van der Waals surface area contributed by atoms with Crippen molar-refractivity contribution < 1.29 is 14.7 Å². The molecule has 12 heteroatoms. The number of Topliss-reactive ketones (excluding diaryl/α,β-unsaturated/α-hetero) is 2. The molecule has 1 aliphatic rings. The molecule has 2 heterocycles. The van der Waals surface area contributed by atoms with Gasteiger partial charge in [-0.25, -0.2) is 9.97 Å². The van der Waals surface area contributed by atoms with Gasteiger partial charge in [-0.05, 0) is 110 Å². The number of aromatic nitrogens is 4. The highest BCUT2D eigenvalue weighted by Crippen LogP contribution is 2.37. The lowest BCUT2D eigenvalue weighted by Crippen LogP contribution is -2.20. The van der Waals surface area contributed by atoms with Crippen molar-refractivity contribution in [3.8, 4) is 11.1 Å². The van der Waals surface area contributed by atoms with E-state index in [0.29, 0.717) is 11.1 Å². The SMILES string of the molecule is Brc1ccc(Br)c2nc3c4ccccc4c4ccccc4c3nc12.Brc1ccc(Br)c2nsnc12.CO.O=C1C(=O)c2ccccc2-c2ccccc21. The van der Waals surface area contributed by atoms with Gasteiger partial charge in [0.25, 0.3) is 0 Å². The smallest absolute Gasteiger partial charge is 0.234 e. The quantitative estimate of drug-likeness (QED) is 0.0916.